The highest BCUT2D eigenvalue weighted by Gasteiger charge is 2.12. The highest BCUT2D eigenvalue weighted by molar-refractivity contribution is 7.17. The Hall–Kier alpha value is -3.19. The van der Waals surface area contributed by atoms with Crippen molar-refractivity contribution in [3.63, 3.8) is 0 Å². The molecular weight excluding hydrogens is 348 g/mol. The number of aromatic nitrogens is 4. The van der Waals surface area contributed by atoms with Gasteiger partial charge in [-0.1, -0.05) is 29.5 Å². The van der Waals surface area contributed by atoms with Gasteiger partial charge in [0.15, 0.2) is 5.82 Å². The van der Waals surface area contributed by atoms with Crippen molar-refractivity contribution >= 4 is 28.4 Å². The number of benzene rings is 2. The first kappa shape index (κ1) is 16.3. The minimum atomic E-state index is 0.704. The molecule has 0 amide bonds. The van der Waals surface area contributed by atoms with Crippen LogP contribution in [-0.4, -0.2) is 34.0 Å². The highest BCUT2D eigenvalue weighted by atomic mass is 32.1. The fourth-order valence-electron chi connectivity index (χ4n) is 2.58. The first-order valence-corrected chi connectivity index (χ1v) is 8.78. The van der Waals surface area contributed by atoms with Gasteiger partial charge in [-0.15, -0.1) is 10.2 Å². The molecular formula is C19H16N4O2S. The largest absolute Gasteiger partial charge is 0.497 e. The van der Waals surface area contributed by atoms with Crippen molar-refractivity contribution < 1.29 is 9.47 Å². The lowest BCUT2D eigenvalue weighted by atomic mass is 10.2. The highest BCUT2D eigenvalue weighted by Crippen LogP contribution is 2.25. The molecule has 0 aliphatic carbocycles. The first-order valence-electron chi connectivity index (χ1n) is 7.96. The third-order valence-corrected chi connectivity index (χ3v) is 4.76. The zero-order valence-electron chi connectivity index (χ0n) is 14.3. The summed E-state index contributed by atoms with van der Waals surface area (Å²) in [5.41, 5.74) is 1.93. The standard InChI is InChI=1S/C19H16N4O2S/c1-24-15-10-7-14(8-11-15)18-20-21-19-23(18)22-17(26-19)12-9-13-5-3-4-6-16(13)25-2/h3-12H,1-2H3/b12-9-. The van der Waals surface area contributed by atoms with Gasteiger partial charge in [0.05, 0.1) is 14.2 Å². The van der Waals surface area contributed by atoms with E-state index >= 15 is 0 Å². The van der Waals surface area contributed by atoms with Crippen molar-refractivity contribution in [1.29, 1.82) is 0 Å². The molecule has 0 bridgehead atoms. The number of hydrogen-bond acceptors (Lipinski definition) is 6. The van der Waals surface area contributed by atoms with Crippen molar-refractivity contribution in [2.45, 2.75) is 0 Å². The molecule has 130 valence electrons. The Balaban J connectivity index is 1.66. The fraction of sp³-hybridized carbons (Fsp3) is 0.105. The predicted molar refractivity (Wildman–Crippen MR) is 103 cm³/mol. The van der Waals surface area contributed by atoms with Crippen molar-refractivity contribution in [2.24, 2.45) is 0 Å². The van der Waals surface area contributed by atoms with Crippen LogP contribution in [0.1, 0.15) is 10.6 Å². The third-order valence-electron chi connectivity index (χ3n) is 3.90. The summed E-state index contributed by atoms with van der Waals surface area (Å²) in [5, 5.41) is 13.9. The summed E-state index contributed by atoms with van der Waals surface area (Å²) in [6, 6.07) is 15.5. The monoisotopic (exact) mass is 364 g/mol. The topological polar surface area (TPSA) is 61.5 Å². The Kier molecular flexibility index (Phi) is 4.37. The van der Waals surface area contributed by atoms with Gasteiger partial charge in [-0.3, -0.25) is 0 Å². The minimum Gasteiger partial charge on any atom is -0.497 e. The predicted octanol–water partition coefficient (Wildman–Crippen LogP) is 4.04. The second-order valence-corrected chi connectivity index (χ2v) is 6.45. The van der Waals surface area contributed by atoms with Crippen LogP contribution >= 0.6 is 11.3 Å². The average Bonchev–Trinajstić information content (AvgIpc) is 3.27. The SMILES string of the molecule is COc1ccc(-c2nnc3sc(/C=C\c4ccccc4OC)nn23)cc1. The number of hydrogen-bond donors (Lipinski definition) is 0. The summed E-state index contributed by atoms with van der Waals surface area (Å²) < 4.78 is 12.3. The van der Waals surface area contributed by atoms with Gasteiger partial charge in [-0.25, -0.2) is 0 Å². The lowest BCUT2D eigenvalue weighted by Crippen LogP contribution is -1.91. The van der Waals surface area contributed by atoms with E-state index in [1.807, 2.05) is 60.7 Å². The molecule has 4 rings (SSSR count). The molecule has 0 fully saturated rings. The van der Waals surface area contributed by atoms with Crippen molar-refractivity contribution in [3.05, 3.63) is 59.1 Å². The Morgan fingerprint density at radius 2 is 1.73 bits per heavy atom. The maximum absolute atomic E-state index is 5.37. The van der Waals surface area contributed by atoms with Crippen LogP contribution < -0.4 is 9.47 Å². The average molecular weight is 364 g/mol. The Bertz CT molecular complexity index is 1070. The molecule has 0 atom stereocenters. The molecule has 6 nitrogen and oxygen atoms in total. The number of para-hydroxylation sites is 1. The molecule has 0 saturated carbocycles. The summed E-state index contributed by atoms with van der Waals surface area (Å²) in [6.07, 6.45) is 3.94. The van der Waals surface area contributed by atoms with Gasteiger partial charge in [0.2, 0.25) is 4.96 Å². The van der Waals surface area contributed by atoms with Crippen molar-refractivity contribution in [1.82, 2.24) is 19.8 Å². The summed E-state index contributed by atoms with van der Waals surface area (Å²) in [6.45, 7) is 0. The van der Waals surface area contributed by atoms with Gasteiger partial charge >= 0.3 is 0 Å². The van der Waals surface area contributed by atoms with E-state index in [1.165, 1.54) is 11.3 Å². The van der Waals surface area contributed by atoms with Crippen LogP contribution in [0.2, 0.25) is 0 Å². The van der Waals surface area contributed by atoms with Crippen LogP contribution in [0.5, 0.6) is 11.5 Å². The van der Waals surface area contributed by atoms with Crippen LogP contribution in [0.15, 0.2) is 48.5 Å². The Labute approximate surface area is 154 Å². The van der Waals surface area contributed by atoms with Gasteiger partial charge in [-0.05, 0) is 42.5 Å². The second-order valence-electron chi connectivity index (χ2n) is 5.46. The number of nitrogens with zero attached hydrogens (tertiary/aromatic N) is 4. The van der Waals surface area contributed by atoms with Crippen LogP contribution in [0.25, 0.3) is 28.5 Å². The van der Waals surface area contributed by atoms with E-state index in [1.54, 1.807) is 18.7 Å². The van der Waals surface area contributed by atoms with Crippen molar-refractivity contribution in [3.8, 4) is 22.9 Å². The number of rotatable bonds is 5. The molecule has 4 aromatic rings. The van der Waals surface area contributed by atoms with Crippen molar-refractivity contribution in [2.75, 3.05) is 14.2 Å². The molecule has 2 aromatic carbocycles. The zero-order valence-corrected chi connectivity index (χ0v) is 15.1. The molecule has 2 heterocycles. The second kappa shape index (κ2) is 6.97. The zero-order chi connectivity index (χ0) is 17.9. The quantitative estimate of drug-likeness (QED) is 0.535. The molecule has 0 N–H and O–H groups in total. The number of methoxy groups -OCH3 is 2. The van der Waals surface area contributed by atoms with Gasteiger partial charge in [0, 0.05) is 11.1 Å². The number of fused-ring (bicyclic) bond motifs is 1. The molecule has 0 unspecified atom stereocenters. The Morgan fingerprint density at radius 1 is 0.923 bits per heavy atom. The minimum absolute atomic E-state index is 0.704. The molecule has 0 aliphatic heterocycles. The van der Waals surface area contributed by atoms with Gasteiger partial charge in [-0.2, -0.15) is 9.61 Å². The maximum atomic E-state index is 5.37. The summed E-state index contributed by atoms with van der Waals surface area (Å²) in [5.74, 6) is 2.33. The molecule has 0 saturated heterocycles. The third kappa shape index (κ3) is 3.04. The van der Waals surface area contributed by atoms with Crippen LogP contribution in [0, 0.1) is 0 Å². The van der Waals surface area contributed by atoms with Crippen LogP contribution in [0.3, 0.4) is 0 Å². The van der Waals surface area contributed by atoms with Crippen LogP contribution in [0.4, 0.5) is 0 Å². The maximum Gasteiger partial charge on any atom is 0.235 e. The van der Waals surface area contributed by atoms with Gasteiger partial charge in [0.1, 0.15) is 16.5 Å². The van der Waals surface area contributed by atoms with E-state index < -0.39 is 0 Å². The first-order chi connectivity index (χ1) is 12.8. The summed E-state index contributed by atoms with van der Waals surface area (Å²) in [7, 11) is 3.31. The van der Waals surface area contributed by atoms with Gasteiger partial charge in [0.25, 0.3) is 0 Å². The Morgan fingerprint density at radius 3 is 2.50 bits per heavy atom. The van der Waals surface area contributed by atoms with E-state index in [0.717, 1.165) is 32.6 Å². The molecule has 7 heteroatoms. The van der Waals surface area contributed by atoms with E-state index in [2.05, 4.69) is 15.3 Å². The van der Waals surface area contributed by atoms with Gasteiger partial charge < -0.3 is 9.47 Å². The van der Waals surface area contributed by atoms with E-state index in [9.17, 15) is 0 Å². The fourth-order valence-corrected chi connectivity index (χ4v) is 3.33. The normalized spacial score (nSPS) is 11.3. The van der Waals surface area contributed by atoms with E-state index in [4.69, 9.17) is 9.47 Å². The molecule has 0 radical (unpaired) electrons. The molecule has 2 aromatic heterocycles. The molecule has 0 aliphatic rings. The molecule has 0 spiro atoms. The molecule has 26 heavy (non-hydrogen) atoms. The smallest absolute Gasteiger partial charge is 0.235 e. The summed E-state index contributed by atoms with van der Waals surface area (Å²) >= 11 is 1.48. The van der Waals surface area contributed by atoms with E-state index in [-0.39, 0.29) is 0 Å². The lowest BCUT2D eigenvalue weighted by Gasteiger charge is -2.02. The van der Waals surface area contributed by atoms with E-state index in [0.29, 0.717) is 5.82 Å². The van der Waals surface area contributed by atoms with Crippen LogP contribution in [-0.2, 0) is 0 Å². The number of ether oxygens (including phenoxy) is 2. The lowest BCUT2D eigenvalue weighted by molar-refractivity contribution is 0.414. The summed E-state index contributed by atoms with van der Waals surface area (Å²) in [4.78, 5) is 0.746.